The molecule has 0 saturated carbocycles. The fourth-order valence-electron chi connectivity index (χ4n) is 5.27. The van der Waals surface area contributed by atoms with E-state index in [1.807, 2.05) is 54.6 Å². The number of carbonyl (C=O) groups excluding carboxylic acids is 1. The summed E-state index contributed by atoms with van der Waals surface area (Å²) in [6, 6.07) is 26.4. The van der Waals surface area contributed by atoms with Crippen LogP contribution in [0.2, 0.25) is 0 Å². The first-order valence-electron chi connectivity index (χ1n) is 14.1. The van der Waals surface area contributed by atoms with E-state index in [1.165, 1.54) is 5.56 Å². The molecule has 3 aromatic rings. The first-order chi connectivity index (χ1) is 18.8. The molecule has 0 atom stereocenters. The fourth-order valence-corrected chi connectivity index (χ4v) is 5.27. The van der Waals surface area contributed by atoms with Crippen LogP contribution >= 0.6 is 0 Å². The molecule has 4 rings (SSSR count). The third kappa shape index (κ3) is 9.39. The van der Waals surface area contributed by atoms with Gasteiger partial charge in [0.25, 0.3) is 0 Å². The lowest BCUT2D eigenvalue weighted by molar-refractivity contribution is 0.0938. The second kappa shape index (κ2) is 13.6. The minimum atomic E-state index is 0.111. The van der Waals surface area contributed by atoms with Gasteiger partial charge in [-0.05, 0) is 80.7 Å². The normalized spacial score (nSPS) is 14.6. The highest BCUT2D eigenvalue weighted by Gasteiger charge is 2.22. The molecule has 0 amide bonds. The summed E-state index contributed by atoms with van der Waals surface area (Å²) in [7, 11) is 4.16. The molecule has 0 aliphatic carbocycles. The maximum Gasteiger partial charge on any atom is 0.163 e. The van der Waals surface area contributed by atoms with E-state index >= 15 is 0 Å². The van der Waals surface area contributed by atoms with Crippen LogP contribution in [0.1, 0.15) is 66.6 Å². The zero-order chi connectivity index (χ0) is 27.7. The minimum absolute atomic E-state index is 0.111. The van der Waals surface area contributed by atoms with Crippen molar-refractivity contribution in [1.82, 2.24) is 9.80 Å². The molecule has 1 aliphatic heterocycles. The zero-order valence-electron chi connectivity index (χ0n) is 24.0. The van der Waals surface area contributed by atoms with Crippen LogP contribution in [-0.4, -0.2) is 55.4 Å². The standard InChI is InChI=1S/C35H42N2O2/c1-35(2,27-36(3)4)22-19-34(38)31-11-8-12-33(25-31)39-32-20-23-37(24-21-32)26-30-17-15-29(16-18-30)14-13-28-9-6-5-7-10-28/h5-12,15-18,25,32H,19-24,26-27H2,1-4H3. The number of benzene rings is 3. The van der Waals surface area contributed by atoms with Crippen LogP contribution < -0.4 is 4.74 Å². The Labute approximate surface area is 235 Å². The van der Waals surface area contributed by atoms with E-state index in [2.05, 4.69) is 73.8 Å². The number of ketones is 1. The Morgan fingerprint density at radius 3 is 2.26 bits per heavy atom. The van der Waals surface area contributed by atoms with Crippen LogP contribution in [0, 0.1) is 17.3 Å². The molecule has 1 heterocycles. The van der Waals surface area contributed by atoms with E-state index in [1.54, 1.807) is 0 Å². The summed E-state index contributed by atoms with van der Waals surface area (Å²) in [5, 5.41) is 0. The molecule has 0 N–H and O–H groups in total. The number of hydrogen-bond acceptors (Lipinski definition) is 4. The summed E-state index contributed by atoms with van der Waals surface area (Å²) >= 11 is 0. The SMILES string of the molecule is CN(C)CC(C)(C)CCC(=O)c1cccc(OC2CCN(Cc3ccc(C#Cc4ccccc4)cc3)CC2)c1. The molecule has 0 unspecified atom stereocenters. The quantitative estimate of drug-likeness (QED) is 0.220. The first-order valence-corrected chi connectivity index (χ1v) is 14.1. The summed E-state index contributed by atoms with van der Waals surface area (Å²) in [6.45, 7) is 8.36. The Hall–Kier alpha value is -3.39. The predicted molar refractivity (Wildman–Crippen MR) is 160 cm³/mol. The van der Waals surface area contributed by atoms with Crippen LogP contribution in [0.5, 0.6) is 5.75 Å². The molecule has 0 aromatic heterocycles. The fraction of sp³-hybridized carbons (Fsp3) is 0.400. The topological polar surface area (TPSA) is 32.8 Å². The second-order valence-electron chi connectivity index (χ2n) is 11.8. The molecule has 1 aliphatic rings. The van der Waals surface area contributed by atoms with Crippen molar-refractivity contribution in [3.63, 3.8) is 0 Å². The van der Waals surface area contributed by atoms with Gasteiger partial charge in [0, 0.05) is 49.3 Å². The number of likely N-dealkylation sites (tertiary alicyclic amines) is 1. The van der Waals surface area contributed by atoms with Crippen molar-refractivity contribution in [1.29, 1.82) is 0 Å². The Bertz CT molecular complexity index is 1260. The van der Waals surface area contributed by atoms with E-state index in [0.29, 0.717) is 6.42 Å². The van der Waals surface area contributed by atoms with Gasteiger partial charge < -0.3 is 9.64 Å². The molecule has 4 heteroatoms. The molecular formula is C35H42N2O2. The summed E-state index contributed by atoms with van der Waals surface area (Å²) in [5.74, 6) is 7.47. The average Bonchev–Trinajstić information content (AvgIpc) is 2.92. The van der Waals surface area contributed by atoms with Gasteiger partial charge in [-0.1, -0.05) is 68.2 Å². The highest BCUT2D eigenvalue weighted by molar-refractivity contribution is 5.96. The van der Waals surface area contributed by atoms with Crippen molar-refractivity contribution >= 4 is 5.78 Å². The lowest BCUT2D eigenvalue weighted by atomic mass is 9.85. The number of piperidine rings is 1. The third-order valence-electron chi connectivity index (χ3n) is 7.25. The lowest BCUT2D eigenvalue weighted by Crippen LogP contribution is -2.37. The minimum Gasteiger partial charge on any atom is -0.490 e. The van der Waals surface area contributed by atoms with Crippen molar-refractivity contribution in [3.8, 4) is 17.6 Å². The average molecular weight is 523 g/mol. The van der Waals surface area contributed by atoms with Crippen LogP contribution in [0.4, 0.5) is 0 Å². The number of Topliss-reactive ketones (excluding diaryl/α,β-unsaturated/α-hetero) is 1. The monoisotopic (exact) mass is 522 g/mol. The Morgan fingerprint density at radius 1 is 0.923 bits per heavy atom. The van der Waals surface area contributed by atoms with Crippen molar-refractivity contribution in [2.24, 2.45) is 5.41 Å². The van der Waals surface area contributed by atoms with Gasteiger partial charge in [0.05, 0.1) is 0 Å². The molecule has 1 fully saturated rings. The van der Waals surface area contributed by atoms with Gasteiger partial charge in [-0.2, -0.15) is 0 Å². The molecule has 0 bridgehead atoms. The zero-order valence-corrected chi connectivity index (χ0v) is 24.0. The first kappa shape index (κ1) is 28.6. The van der Waals surface area contributed by atoms with Gasteiger partial charge in [0.1, 0.15) is 11.9 Å². The highest BCUT2D eigenvalue weighted by atomic mass is 16.5. The van der Waals surface area contributed by atoms with Gasteiger partial charge in [0.2, 0.25) is 0 Å². The van der Waals surface area contributed by atoms with Gasteiger partial charge >= 0.3 is 0 Å². The molecule has 0 spiro atoms. The van der Waals surface area contributed by atoms with Gasteiger partial charge in [0.15, 0.2) is 5.78 Å². The van der Waals surface area contributed by atoms with Crippen molar-refractivity contribution < 1.29 is 9.53 Å². The van der Waals surface area contributed by atoms with Gasteiger partial charge in [-0.25, -0.2) is 0 Å². The maximum absolute atomic E-state index is 12.9. The number of nitrogens with zero attached hydrogens (tertiary/aromatic N) is 2. The number of hydrogen-bond donors (Lipinski definition) is 0. The molecule has 0 radical (unpaired) electrons. The molecular weight excluding hydrogens is 480 g/mol. The van der Waals surface area contributed by atoms with E-state index in [9.17, 15) is 4.79 Å². The second-order valence-corrected chi connectivity index (χ2v) is 11.8. The Morgan fingerprint density at radius 2 is 1.59 bits per heavy atom. The molecule has 3 aromatic carbocycles. The smallest absolute Gasteiger partial charge is 0.163 e. The summed E-state index contributed by atoms with van der Waals surface area (Å²) in [5.41, 5.74) is 4.24. The van der Waals surface area contributed by atoms with Crippen molar-refractivity contribution in [2.75, 3.05) is 33.7 Å². The van der Waals surface area contributed by atoms with E-state index in [0.717, 1.165) is 67.9 Å². The van der Waals surface area contributed by atoms with Crippen LogP contribution in [-0.2, 0) is 6.54 Å². The van der Waals surface area contributed by atoms with Crippen LogP contribution in [0.25, 0.3) is 0 Å². The van der Waals surface area contributed by atoms with Crippen molar-refractivity contribution in [3.05, 3.63) is 101 Å². The van der Waals surface area contributed by atoms with E-state index < -0.39 is 0 Å². The molecule has 39 heavy (non-hydrogen) atoms. The number of ether oxygens (including phenoxy) is 1. The van der Waals surface area contributed by atoms with Crippen LogP contribution in [0.15, 0.2) is 78.9 Å². The van der Waals surface area contributed by atoms with E-state index in [-0.39, 0.29) is 17.3 Å². The summed E-state index contributed by atoms with van der Waals surface area (Å²) in [4.78, 5) is 17.5. The van der Waals surface area contributed by atoms with Gasteiger partial charge in [-0.3, -0.25) is 9.69 Å². The molecule has 1 saturated heterocycles. The number of carbonyl (C=O) groups is 1. The largest absolute Gasteiger partial charge is 0.490 e. The molecule has 4 nitrogen and oxygen atoms in total. The van der Waals surface area contributed by atoms with Crippen molar-refractivity contribution in [2.45, 2.75) is 52.2 Å². The van der Waals surface area contributed by atoms with Gasteiger partial charge in [-0.15, -0.1) is 0 Å². The Balaban J connectivity index is 1.23. The lowest BCUT2D eigenvalue weighted by Gasteiger charge is -2.32. The highest BCUT2D eigenvalue weighted by Crippen LogP contribution is 2.26. The van der Waals surface area contributed by atoms with Crippen LogP contribution in [0.3, 0.4) is 0 Å². The maximum atomic E-state index is 12.9. The Kier molecular flexibility index (Phi) is 9.98. The predicted octanol–water partition coefficient (Wildman–Crippen LogP) is 6.68. The number of rotatable bonds is 10. The summed E-state index contributed by atoms with van der Waals surface area (Å²) < 4.78 is 6.32. The van der Waals surface area contributed by atoms with E-state index in [4.69, 9.17) is 4.74 Å². The summed E-state index contributed by atoms with van der Waals surface area (Å²) in [6.07, 6.45) is 3.58. The third-order valence-corrected chi connectivity index (χ3v) is 7.25. The molecule has 204 valence electrons.